The third kappa shape index (κ3) is 11.4. The Balaban J connectivity index is 0.0000106. The number of benzene rings is 2. The van der Waals surface area contributed by atoms with Crippen molar-refractivity contribution < 1.29 is 105 Å². The first kappa shape index (κ1) is 42.6. The second-order valence-electron chi connectivity index (χ2n) is 9.83. The van der Waals surface area contributed by atoms with Crippen LogP contribution in [0.1, 0.15) is 28.7 Å². The summed E-state index contributed by atoms with van der Waals surface area (Å²) in [6.45, 7) is 0. The number of halogens is 4. The number of hydrogen-bond donors (Lipinski definition) is 7. The van der Waals surface area contributed by atoms with Gasteiger partial charge >= 0.3 is 26.5 Å². The zero-order valence-electron chi connectivity index (χ0n) is 24.0. The molecule has 13 nitrogen and oxygen atoms in total. The largest absolute Gasteiger partial charge is 0.667 e. The Morgan fingerprint density at radius 3 is 1.52 bits per heavy atom. The molecule has 9 N–H and O–H groups in total. The van der Waals surface area contributed by atoms with Gasteiger partial charge in [-0.1, -0.05) is 61.0 Å². The van der Waals surface area contributed by atoms with Gasteiger partial charge in [-0.25, -0.2) is 0 Å². The van der Waals surface area contributed by atoms with Gasteiger partial charge in [0.25, 0.3) is 0 Å². The van der Waals surface area contributed by atoms with Gasteiger partial charge in [-0.15, -0.1) is 0 Å². The first-order valence-corrected chi connectivity index (χ1v) is 17.4. The van der Waals surface area contributed by atoms with Crippen molar-refractivity contribution in [3.05, 3.63) is 76.5 Å². The molecule has 0 saturated carbocycles. The van der Waals surface area contributed by atoms with Crippen LogP contribution in [0.4, 0.5) is 17.6 Å². The Hall–Kier alpha value is -1.38. The molecule has 0 bridgehead atoms. The van der Waals surface area contributed by atoms with Gasteiger partial charge in [-0.3, -0.25) is 23.5 Å². The van der Waals surface area contributed by atoms with Gasteiger partial charge in [0.1, 0.15) is 12.1 Å². The van der Waals surface area contributed by atoms with Gasteiger partial charge in [0.15, 0.2) is 0 Å². The monoisotopic (exact) mass is 928 g/mol. The third-order valence-corrected chi connectivity index (χ3v) is 9.06. The minimum Gasteiger partial charge on any atom is -0.667 e. The Bertz CT molecular complexity index is 1460. The van der Waals surface area contributed by atoms with Gasteiger partial charge < -0.3 is 41.7 Å². The molecule has 21 heteroatoms. The molecule has 0 spiro atoms. The zero-order chi connectivity index (χ0) is 34.4. The molecule has 0 aliphatic carbocycles. The molecule has 0 heterocycles. The van der Waals surface area contributed by atoms with Gasteiger partial charge in [0, 0.05) is 68.0 Å². The van der Waals surface area contributed by atoms with Crippen molar-refractivity contribution in [3.63, 3.8) is 0 Å². The molecule has 2 aromatic rings. The van der Waals surface area contributed by atoms with E-state index < -0.39 is 73.5 Å². The van der Waals surface area contributed by atoms with E-state index >= 15 is 0 Å². The molecular weight excluding hydrogens is 897 g/mol. The summed E-state index contributed by atoms with van der Waals surface area (Å²) >= 11 is 1.37. The van der Waals surface area contributed by atoms with E-state index in [2.05, 4.69) is 10.6 Å². The van der Waals surface area contributed by atoms with E-state index in [4.69, 9.17) is 31.0 Å². The van der Waals surface area contributed by atoms with Gasteiger partial charge in [0.05, 0.1) is 0 Å². The smallest absolute Gasteiger partial charge is 0.399 e. The van der Waals surface area contributed by atoms with Crippen molar-refractivity contribution in [3.8, 4) is 0 Å². The molecule has 2 aromatic carbocycles. The third-order valence-electron chi connectivity index (χ3n) is 6.43. The standard InChI is InChI=1S/C25H31F4N4O9P2S.Ac/c1-45-11-10-18(30)22(35)33-20(13-15-4-8-17(9-5-15)25(28,29)44(40,41)42)23(36)32-19(21(31)34)12-14-2-6-16(7-3-14)24(26,27)43(37,38)39;/h2-9,18-20,30H,10-13H2,1H3,(H2,31,34)(H,32,36)(H,33,35)(H2,37,38,39)(H2,40,41,42);/q-1;. The molecule has 253 valence electrons. The summed E-state index contributed by atoms with van der Waals surface area (Å²) in [6, 6.07) is 2.75. The maximum absolute atomic E-state index is 14.1. The van der Waals surface area contributed by atoms with Crippen LogP contribution in [-0.4, -0.2) is 67.4 Å². The van der Waals surface area contributed by atoms with Crippen LogP contribution < -0.4 is 16.4 Å². The quantitative estimate of drug-likeness (QED) is 0.0960. The Kier molecular flexibility index (Phi) is 16.1. The summed E-state index contributed by atoms with van der Waals surface area (Å²) in [4.78, 5) is 73.8. The fourth-order valence-corrected chi connectivity index (χ4v) is 5.28. The number of carbonyl (C=O) groups is 3. The first-order valence-electron chi connectivity index (χ1n) is 12.8. The molecule has 0 saturated heterocycles. The van der Waals surface area contributed by atoms with Gasteiger partial charge in [-0.05, 0) is 23.1 Å². The van der Waals surface area contributed by atoms with Crippen LogP contribution in [-0.2, 0) is 47.7 Å². The average Bonchev–Trinajstić information content (AvgIpc) is 2.94. The number of nitrogens with two attached hydrogens (primary N) is 1. The minimum absolute atomic E-state index is 0. The van der Waals surface area contributed by atoms with E-state index in [9.17, 15) is 41.1 Å². The van der Waals surface area contributed by atoms with Crippen LogP contribution in [0.5, 0.6) is 0 Å². The summed E-state index contributed by atoms with van der Waals surface area (Å²) in [5.74, 6) is -2.51. The van der Waals surface area contributed by atoms with Crippen LogP contribution in [0.25, 0.3) is 5.73 Å². The van der Waals surface area contributed by atoms with E-state index in [1.807, 2.05) is 0 Å². The summed E-state index contributed by atoms with van der Waals surface area (Å²) < 4.78 is 78.4. The number of amides is 3. The normalized spacial score (nSPS) is 14.4. The molecule has 1 radical (unpaired) electrons. The van der Waals surface area contributed by atoms with Gasteiger partial charge in [-0.2, -0.15) is 29.3 Å². The molecule has 3 amide bonds. The molecule has 3 atom stereocenters. The molecule has 0 aliphatic heterocycles. The Morgan fingerprint density at radius 2 is 1.17 bits per heavy atom. The first-order chi connectivity index (χ1) is 20.6. The Morgan fingerprint density at radius 1 is 0.804 bits per heavy atom. The van der Waals surface area contributed by atoms with Crippen molar-refractivity contribution in [2.24, 2.45) is 5.73 Å². The molecule has 2 rings (SSSR count). The fourth-order valence-electron chi connectivity index (χ4n) is 3.83. The molecule has 3 unspecified atom stereocenters. The molecule has 0 aliphatic rings. The van der Waals surface area contributed by atoms with Crippen LogP contribution in [0, 0.1) is 44.1 Å². The van der Waals surface area contributed by atoms with Crippen molar-refractivity contribution in [1.29, 1.82) is 0 Å². The summed E-state index contributed by atoms with van der Waals surface area (Å²) in [6.07, 6.45) is 1.12. The van der Waals surface area contributed by atoms with Crippen LogP contribution >= 0.6 is 27.0 Å². The number of hydrogen-bond acceptors (Lipinski definition) is 6. The molecule has 0 aromatic heterocycles. The molecular formula is C25H31AcF4N4O9P2S-. The maximum atomic E-state index is 14.1. The Labute approximate surface area is 300 Å². The number of rotatable bonds is 16. The molecule has 0 fully saturated rings. The van der Waals surface area contributed by atoms with Crippen molar-refractivity contribution >= 4 is 44.7 Å². The number of thioether (sulfide) groups is 1. The predicted octanol–water partition coefficient (Wildman–Crippen LogP) is 2.55. The number of nitrogens with one attached hydrogen (secondary N) is 3. The fraction of sp³-hybridized carbons (Fsp3) is 0.400. The summed E-state index contributed by atoms with van der Waals surface area (Å²) in [5.41, 5.74) is 2.73. The van der Waals surface area contributed by atoms with Crippen LogP contribution in [0.2, 0.25) is 0 Å². The van der Waals surface area contributed by atoms with Crippen LogP contribution in [0.15, 0.2) is 48.5 Å². The summed E-state index contributed by atoms with van der Waals surface area (Å²) in [5, 5.41) is 4.67. The van der Waals surface area contributed by atoms with E-state index in [0.717, 1.165) is 48.5 Å². The van der Waals surface area contributed by atoms with E-state index in [-0.39, 0.29) is 74.5 Å². The topological polar surface area (TPSA) is 240 Å². The van der Waals surface area contributed by atoms with Gasteiger partial charge in [0.2, 0.25) is 17.7 Å². The second-order valence-corrected chi connectivity index (χ2v) is 14.1. The number of alkyl halides is 4. The van der Waals surface area contributed by atoms with Crippen molar-refractivity contribution in [2.45, 2.75) is 48.7 Å². The summed E-state index contributed by atoms with van der Waals surface area (Å²) in [7, 11) is -11.7. The second kappa shape index (κ2) is 17.3. The SMILES string of the molecule is CSCCC([NH-])C(=O)NC(Cc1ccc(C(F)(F)P(=O)(O)O)cc1)C(=O)NC(Cc1ccc(C(F)(F)P(=O)(O)O)cc1)C(N)=O.[Ac]. The molecule has 46 heavy (non-hydrogen) atoms. The van der Waals surface area contributed by atoms with E-state index in [0.29, 0.717) is 5.75 Å². The van der Waals surface area contributed by atoms with E-state index in [1.165, 1.54) is 11.8 Å². The van der Waals surface area contributed by atoms with E-state index in [1.54, 1.807) is 6.26 Å². The van der Waals surface area contributed by atoms with Crippen LogP contribution in [0.3, 0.4) is 0 Å². The van der Waals surface area contributed by atoms with Crippen molar-refractivity contribution in [1.82, 2.24) is 10.6 Å². The maximum Gasteiger partial charge on any atom is 0.399 e. The van der Waals surface area contributed by atoms with Crippen molar-refractivity contribution in [2.75, 3.05) is 12.0 Å². The predicted molar refractivity (Wildman–Crippen MR) is 156 cm³/mol. The number of carbonyl (C=O) groups excluding carboxylic acids is 3. The number of primary amides is 1. The minimum atomic E-state index is -5.85. The average molecular weight is 929 g/mol. The zero-order valence-corrected chi connectivity index (χ0v) is 31.3.